The Morgan fingerprint density at radius 2 is 1.00 bits per heavy atom. The average molecular weight is 372 g/mol. The van der Waals surface area contributed by atoms with Crippen molar-refractivity contribution in [3.63, 3.8) is 0 Å². The van der Waals surface area contributed by atoms with Gasteiger partial charge in [-0.25, -0.2) is 4.39 Å². The molecule has 0 bridgehead atoms. The van der Waals surface area contributed by atoms with E-state index < -0.39 is 46.4 Å². The SMILES string of the molecule is C[Si](C)(C)OC1(O[Si](C)(C)C)C(F)C(F)(F)C(F)(F)C1(F)F. The van der Waals surface area contributed by atoms with Crippen LogP contribution in [-0.2, 0) is 8.85 Å². The van der Waals surface area contributed by atoms with Crippen LogP contribution < -0.4 is 0 Å². The van der Waals surface area contributed by atoms with Crippen molar-refractivity contribution < 1.29 is 39.6 Å². The summed E-state index contributed by atoms with van der Waals surface area (Å²) >= 11 is 0. The summed E-state index contributed by atoms with van der Waals surface area (Å²) in [5.41, 5.74) is 0. The van der Waals surface area contributed by atoms with E-state index in [2.05, 4.69) is 0 Å². The van der Waals surface area contributed by atoms with Gasteiger partial charge < -0.3 is 8.85 Å². The normalized spacial score (nSPS) is 29.6. The zero-order chi connectivity index (χ0) is 18.0. The van der Waals surface area contributed by atoms with Crippen LogP contribution in [0.2, 0.25) is 39.3 Å². The van der Waals surface area contributed by atoms with Crippen molar-refractivity contribution in [2.24, 2.45) is 0 Å². The predicted molar refractivity (Wildman–Crippen MR) is 71.3 cm³/mol. The lowest BCUT2D eigenvalue weighted by Crippen LogP contribution is -2.64. The van der Waals surface area contributed by atoms with Gasteiger partial charge in [0.25, 0.3) is 5.79 Å². The Labute approximate surface area is 126 Å². The Morgan fingerprint density at radius 3 is 1.18 bits per heavy atom. The Hall–Kier alpha value is -0.136. The van der Waals surface area contributed by atoms with Gasteiger partial charge in [-0.1, -0.05) is 0 Å². The van der Waals surface area contributed by atoms with Gasteiger partial charge in [0.05, 0.1) is 0 Å². The van der Waals surface area contributed by atoms with Gasteiger partial charge in [0.1, 0.15) is 0 Å². The molecule has 1 rings (SSSR count). The summed E-state index contributed by atoms with van der Waals surface area (Å²) in [4.78, 5) is 0. The first kappa shape index (κ1) is 19.9. The first-order valence-electron chi connectivity index (χ1n) is 6.50. The molecule has 22 heavy (non-hydrogen) atoms. The van der Waals surface area contributed by atoms with Gasteiger partial charge in [-0.15, -0.1) is 0 Å². The Morgan fingerprint density at radius 1 is 0.682 bits per heavy atom. The third-order valence-electron chi connectivity index (χ3n) is 2.82. The molecule has 1 fully saturated rings. The van der Waals surface area contributed by atoms with Crippen molar-refractivity contribution in [3.05, 3.63) is 0 Å². The van der Waals surface area contributed by atoms with Crippen LogP contribution in [0, 0.1) is 0 Å². The fourth-order valence-electron chi connectivity index (χ4n) is 2.15. The lowest BCUT2D eigenvalue weighted by atomic mass is 10.1. The molecule has 0 aromatic heterocycles. The lowest BCUT2D eigenvalue weighted by Gasteiger charge is -2.43. The number of rotatable bonds is 4. The summed E-state index contributed by atoms with van der Waals surface area (Å²) in [6.07, 6.45) is -3.98. The largest absolute Gasteiger partial charge is 0.384 e. The van der Waals surface area contributed by atoms with Gasteiger partial charge in [-0.3, -0.25) is 0 Å². The van der Waals surface area contributed by atoms with Gasteiger partial charge in [0, 0.05) is 0 Å². The highest BCUT2D eigenvalue weighted by Crippen LogP contribution is 2.64. The fourth-order valence-corrected chi connectivity index (χ4v) is 4.60. The molecule has 0 aliphatic heterocycles. The molecule has 0 spiro atoms. The molecule has 1 aliphatic rings. The number of hydrogen-bond donors (Lipinski definition) is 0. The van der Waals surface area contributed by atoms with E-state index in [1.54, 1.807) is 0 Å². The average Bonchev–Trinajstić information content (AvgIpc) is 2.26. The summed E-state index contributed by atoms with van der Waals surface area (Å²) in [6.45, 7) is 7.75. The minimum absolute atomic E-state index is 1.29. The quantitative estimate of drug-likeness (QED) is 0.407. The minimum Gasteiger partial charge on any atom is -0.384 e. The molecule has 0 radical (unpaired) electrons. The van der Waals surface area contributed by atoms with E-state index in [4.69, 9.17) is 8.85 Å². The van der Waals surface area contributed by atoms with E-state index in [9.17, 15) is 30.7 Å². The molecule has 1 saturated carbocycles. The van der Waals surface area contributed by atoms with E-state index in [0.29, 0.717) is 0 Å². The zero-order valence-corrected chi connectivity index (χ0v) is 15.0. The van der Waals surface area contributed by atoms with Gasteiger partial charge in [-0.05, 0) is 39.3 Å². The fraction of sp³-hybridized carbons (Fsp3) is 1.00. The Balaban J connectivity index is 3.61. The Bertz CT molecular complexity index is 427. The molecule has 1 aliphatic carbocycles. The molecular weight excluding hydrogens is 353 g/mol. The standard InChI is InChI=1S/C11H19F7O2Si2/c1-21(2,3)19-9(20-22(4,5)6)7(12)8(13,14)10(15,16)11(9,17)18/h7H,1-6H3. The molecule has 0 aromatic rings. The highest BCUT2D eigenvalue weighted by Gasteiger charge is 2.94. The third kappa shape index (κ3) is 2.73. The summed E-state index contributed by atoms with van der Waals surface area (Å²) in [5, 5.41) is 0. The topological polar surface area (TPSA) is 18.5 Å². The van der Waals surface area contributed by atoms with Crippen LogP contribution in [0.1, 0.15) is 0 Å². The number of halogens is 7. The van der Waals surface area contributed by atoms with Crippen molar-refractivity contribution >= 4 is 16.6 Å². The van der Waals surface area contributed by atoms with Crippen molar-refractivity contribution in [3.8, 4) is 0 Å². The number of hydrogen-bond acceptors (Lipinski definition) is 2. The first-order valence-corrected chi connectivity index (χ1v) is 13.3. The van der Waals surface area contributed by atoms with Gasteiger partial charge >= 0.3 is 17.8 Å². The van der Waals surface area contributed by atoms with E-state index in [-0.39, 0.29) is 0 Å². The van der Waals surface area contributed by atoms with Gasteiger partial charge in [0.15, 0.2) is 16.6 Å². The zero-order valence-electron chi connectivity index (χ0n) is 13.0. The van der Waals surface area contributed by atoms with Gasteiger partial charge in [0.2, 0.25) is 6.17 Å². The second kappa shape index (κ2) is 4.93. The highest BCUT2D eigenvalue weighted by atomic mass is 28.4. The molecular formula is C11H19F7O2Si2. The monoisotopic (exact) mass is 372 g/mol. The van der Waals surface area contributed by atoms with Crippen molar-refractivity contribution in [2.75, 3.05) is 0 Å². The van der Waals surface area contributed by atoms with E-state index in [1.807, 2.05) is 0 Å². The molecule has 2 nitrogen and oxygen atoms in total. The van der Waals surface area contributed by atoms with Crippen LogP contribution in [0.25, 0.3) is 0 Å². The van der Waals surface area contributed by atoms with Crippen LogP contribution in [0.15, 0.2) is 0 Å². The smallest absolute Gasteiger partial charge is 0.380 e. The summed E-state index contributed by atoms with van der Waals surface area (Å²) in [7, 11) is -6.28. The predicted octanol–water partition coefficient (Wildman–Crippen LogP) is 4.64. The summed E-state index contributed by atoms with van der Waals surface area (Å²) in [5.74, 6) is -21.0. The molecule has 1 unspecified atom stereocenters. The van der Waals surface area contributed by atoms with E-state index in [0.717, 1.165) is 0 Å². The molecule has 11 heteroatoms. The molecule has 0 N–H and O–H groups in total. The lowest BCUT2D eigenvalue weighted by molar-refractivity contribution is -0.328. The molecule has 1 atom stereocenters. The highest BCUT2D eigenvalue weighted by molar-refractivity contribution is 6.71. The second-order valence-electron chi connectivity index (χ2n) is 7.23. The van der Waals surface area contributed by atoms with Gasteiger partial charge in [-0.2, -0.15) is 26.3 Å². The summed E-state index contributed by atoms with van der Waals surface area (Å²) < 4.78 is 106. The van der Waals surface area contributed by atoms with Crippen molar-refractivity contribution in [1.82, 2.24) is 0 Å². The molecule has 0 aromatic carbocycles. The second-order valence-corrected chi connectivity index (χ2v) is 16.1. The molecule has 0 saturated heterocycles. The van der Waals surface area contributed by atoms with Crippen LogP contribution in [-0.4, -0.2) is 46.4 Å². The Kier molecular flexibility index (Phi) is 4.46. The maximum Gasteiger partial charge on any atom is 0.380 e. The first-order chi connectivity index (χ1) is 9.32. The summed E-state index contributed by atoms with van der Waals surface area (Å²) in [6, 6.07) is 0. The van der Waals surface area contributed by atoms with Crippen LogP contribution in [0.5, 0.6) is 0 Å². The van der Waals surface area contributed by atoms with E-state index in [1.165, 1.54) is 39.3 Å². The number of alkyl halides is 7. The van der Waals surface area contributed by atoms with Crippen LogP contribution in [0.4, 0.5) is 30.7 Å². The van der Waals surface area contributed by atoms with E-state index >= 15 is 0 Å². The minimum atomic E-state index is -5.92. The molecule has 0 heterocycles. The molecule has 0 amide bonds. The third-order valence-corrected chi connectivity index (χ3v) is 4.65. The van der Waals surface area contributed by atoms with Crippen molar-refractivity contribution in [2.45, 2.75) is 69.0 Å². The van der Waals surface area contributed by atoms with Crippen LogP contribution >= 0.6 is 0 Å². The van der Waals surface area contributed by atoms with Crippen molar-refractivity contribution in [1.29, 1.82) is 0 Å². The maximum atomic E-state index is 14.2. The van der Waals surface area contributed by atoms with Crippen LogP contribution in [0.3, 0.4) is 0 Å². The molecule has 132 valence electrons. The maximum absolute atomic E-state index is 14.2.